The molecule has 5 nitrogen and oxygen atoms in total. The lowest BCUT2D eigenvalue weighted by Gasteiger charge is -2.14. The van der Waals surface area contributed by atoms with Gasteiger partial charge in [0, 0.05) is 35.6 Å². The number of benzene rings is 1. The first-order valence-electron chi connectivity index (χ1n) is 6.03. The van der Waals surface area contributed by atoms with Crippen LogP contribution in [0.3, 0.4) is 0 Å². The molecular weight excluding hydrogens is 294 g/mol. The molecule has 0 radical (unpaired) electrons. The van der Waals surface area contributed by atoms with Crippen LogP contribution >= 0.6 is 12.2 Å². The molecule has 0 saturated carbocycles. The molecule has 1 heterocycles. The maximum absolute atomic E-state index is 12.4. The fraction of sp³-hybridized carbons (Fsp3) is 0.231. The van der Waals surface area contributed by atoms with Crippen LogP contribution in [0.25, 0.3) is 10.8 Å². The molecule has 0 aliphatic heterocycles. The number of sulfonamides is 1. The van der Waals surface area contributed by atoms with Gasteiger partial charge in [-0.25, -0.2) is 13.1 Å². The summed E-state index contributed by atoms with van der Waals surface area (Å²) in [5, 5.41) is 1.41. The van der Waals surface area contributed by atoms with Gasteiger partial charge in [0.2, 0.25) is 10.0 Å². The number of thiocarbonyl (C=S) groups is 1. The molecule has 0 fully saturated rings. The van der Waals surface area contributed by atoms with Gasteiger partial charge in [-0.3, -0.25) is 4.98 Å². The molecule has 0 spiro atoms. The number of fused-ring (bicyclic) bond motifs is 1. The molecule has 1 aromatic heterocycles. The maximum atomic E-state index is 12.4. The van der Waals surface area contributed by atoms with E-state index in [0.717, 1.165) is 5.39 Å². The molecule has 106 valence electrons. The lowest BCUT2D eigenvalue weighted by molar-refractivity contribution is 0.566. The molecule has 2 rings (SSSR count). The highest BCUT2D eigenvalue weighted by atomic mass is 32.2. The largest absolute Gasteiger partial charge is 0.393 e. The number of nitrogens with zero attached hydrogens (tertiary/aromatic N) is 1. The first-order chi connectivity index (χ1) is 9.40. The van der Waals surface area contributed by atoms with Crippen LogP contribution in [0, 0.1) is 0 Å². The van der Waals surface area contributed by atoms with Crippen LogP contribution in [0.15, 0.2) is 41.6 Å². The van der Waals surface area contributed by atoms with E-state index in [4.69, 9.17) is 18.0 Å². The number of nitrogens with two attached hydrogens (primary N) is 1. The minimum absolute atomic E-state index is 0.229. The van der Waals surface area contributed by atoms with Crippen LogP contribution in [0.1, 0.15) is 13.3 Å². The second-order valence-electron chi connectivity index (χ2n) is 4.55. The molecule has 1 atom stereocenters. The molecule has 0 amide bonds. The Hall–Kier alpha value is -1.57. The highest BCUT2D eigenvalue weighted by Gasteiger charge is 2.20. The third-order valence-corrected chi connectivity index (χ3v) is 4.61. The number of aromatic nitrogens is 1. The molecule has 1 unspecified atom stereocenters. The van der Waals surface area contributed by atoms with Crippen LogP contribution in [0.2, 0.25) is 0 Å². The Balaban J connectivity index is 2.39. The van der Waals surface area contributed by atoms with E-state index < -0.39 is 10.0 Å². The smallest absolute Gasteiger partial charge is 0.241 e. The summed E-state index contributed by atoms with van der Waals surface area (Å²) in [5.74, 6) is 0. The van der Waals surface area contributed by atoms with Crippen molar-refractivity contribution in [3.63, 3.8) is 0 Å². The number of nitrogens with one attached hydrogen (secondary N) is 1. The van der Waals surface area contributed by atoms with Crippen molar-refractivity contribution in [2.24, 2.45) is 5.73 Å². The molecule has 7 heteroatoms. The maximum Gasteiger partial charge on any atom is 0.241 e. The first-order valence-corrected chi connectivity index (χ1v) is 7.92. The van der Waals surface area contributed by atoms with Gasteiger partial charge in [0.25, 0.3) is 0 Å². The van der Waals surface area contributed by atoms with Crippen LogP contribution < -0.4 is 10.5 Å². The normalized spacial score (nSPS) is 13.2. The molecule has 0 saturated heterocycles. The van der Waals surface area contributed by atoms with Crippen molar-refractivity contribution in [1.29, 1.82) is 0 Å². The summed E-state index contributed by atoms with van der Waals surface area (Å²) in [6, 6.07) is 6.41. The third-order valence-electron chi connectivity index (χ3n) is 2.79. The molecule has 3 N–H and O–H groups in total. The summed E-state index contributed by atoms with van der Waals surface area (Å²) >= 11 is 4.79. The second-order valence-corrected chi connectivity index (χ2v) is 6.75. The molecule has 0 aliphatic rings. The van der Waals surface area contributed by atoms with Crippen molar-refractivity contribution in [2.45, 2.75) is 24.3 Å². The van der Waals surface area contributed by atoms with E-state index in [2.05, 4.69) is 9.71 Å². The minimum atomic E-state index is -3.62. The summed E-state index contributed by atoms with van der Waals surface area (Å²) < 4.78 is 27.4. The van der Waals surface area contributed by atoms with Crippen LogP contribution in [0.4, 0.5) is 0 Å². The van der Waals surface area contributed by atoms with E-state index in [0.29, 0.717) is 11.8 Å². The highest BCUT2D eigenvalue weighted by molar-refractivity contribution is 7.89. The zero-order valence-corrected chi connectivity index (χ0v) is 12.5. The van der Waals surface area contributed by atoms with E-state index in [9.17, 15) is 8.42 Å². The Bertz CT molecular complexity index is 739. The predicted molar refractivity (Wildman–Crippen MR) is 82.9 cm³/mol. The Kier molecular flexibility index (Phi) is 4.32. The van der Waals surface area contributed by atoms with Gasteiger partial charge in [0.15, 0.2) is 0 Å². The van der Waals surface area contributed by atoms with Gasteiger partial charge in [-0.2, -0.15) is 0 Å². The first kappa shape index (κ1) is 14.8. The van der Waals surface area contributed by atoms with Crippen molar-refractivity contribution in [3.05, 3.63) is 36.7 Å². The Morgan fingerprint density at radius 3 is 2.90 bits per heavy atom. The Morgan fingerprint density at radius 2 is 2.20 bits per heavy atom. The topological polar surface area (TPSA) is 85.1 Å². The SMILES string of the molecule is CC(CC(N)=S)NS(=O)(=O)c1cccc2cnccc12. The summed E-state index contributed by atoms with van der Waals surface area (Å²) in [4.78, 5) is 4.50. The van der Waals surface area contributed by atoms with Crippen LogP contribution in [-0.2, 0) is 10.0 Å². The van der Waals surface area contributed by atoms with Crippen molar-refractivity contribution < 1.29 is 8.42 Å². The summed E-state index contributed by atoms with van der Waals surface area (Å²) in [7, 11) is -3.62. The second kappa shape index (κ2) is 5.82. The summed E-state index contributed by atoms with van der Waals surface area (Å²) in [5.41, 5.74) is 5.43. The minimum Gasteiger partial charge on any atom is -0.393 e. The average molecular weight is 309 g/mol. The zero-order chi connectivity index (χ0) is 14.8. The van der Waals surface area contributed by atoms with Gasteiger partial charge < -0.3 is 5.73 Å². The van der Waals surface area contributed by atoms with Crippen LogP contribution in [0.5, 0.6) is 0 Å². The van der Waals surface area contributed by atoms with Crippen molar-refractivity contribution in [2.75, 3.05) is 0 Å². The predicted octanol–water partition coefficient (Wildman–Crippen LogP) is 1.58. The van der Waals surface area contributed by atoms with Gasteiger partial charge in [-0.05, 0) is 19.1 Å². The molecule has 2 aromatic rings. The lowest BCUT2D eigenvalue weighted by atomic mass is 10.2. The third kappa shape index (κ3) is 3.30. The summed E-state index contributed by atoms with van der Waals surface area (Å²) in [6.45, 7) is 1.73. The molecule has 0 bridgehead atoms. The fourth-order valence-corrected chi connectivity index (χ4v) is 3.72. The van der Waals surface area contributed by atoms with E-state index in [1.54, 1.807) is 37.5 Å². The van der Waals surface area contributed by atoms with E-state index >= 15 is 0 Å². The van der Waals surface area contributed by atoms with Crippen LogP contribution in [-0.4, -0.2) is 24.4 Å². The van der Waals surface area contributed by atoms with Crippen molar-refractivity contribution in [3.8, 4) is 0 Å². The number of hydrogen-bond donors (Lipinski definition) is 2. The van der Waals surface area contributed by atoms with Crippen molar-refractivity contribution in [1.82, 2.24) is 9.71 Å². The average Bonchev–Trinajstić information content (AvgIpc) is 2.36. The van der Waals surface area contributed by atoms with E-state index in [1.165, 1.54) is 0 Å². The Morgan fingerprint density at radius 1 is 1.45 bits per heavy atom. The van der Waals surface area contributed by atoms with Gasteiger partial charge in [0.1, 0.15) is 0 Å². The Labute approximate surface area is 123 Å². The summed E-state index contributed by atoms with van der Waals surface area (Å²) in [6.07, 6.45) is 3.52. The monoisotopic (exact) mass is 309 g/mol. The van der Waals surface area contributed by atoms with E-state index in [-0.39, 0.29) is 15.9 Å². The molecule has 0 aliphatic carbocycles. The zero-order valence-electron chi connectivity index (χ0n) is 10.9. The molecule has 20 heavy (non-hydrogen) atoms. The van der Waals surface area contributed by atoms with Gasteiger partial charge >= 0.3 is 0 Å². The standard InChI is InChI=1S/C13H15N3O2S2/c1-9(7-13(14)19)16-20(17,18)12-4-2-3-10-8-15-6-5-11(10)12/h2-6,8-9,16H,7H2,1H3,(H2,14,19). The van der Waals surface area contributed by atoms with Gasteiger partial charge in [0.05, 0.1) is 9.88 Å². The number of pyridine rings is 1. The fourth-order valence-electron chi connectivity index (χ4n) is 2.00. The van der Waals surface area contributed by atoms with Gasteiger partial charge in [-0.1, -0.05) is 24.4 Å². The molecule has 1 aromatic carbocycles. The van der Waals surface area contributed by atoms with Gasteiger partial charge in [-0.15, -0.1) is 0 Å². The number of hydrogen-bond acceptors (Lipinski definition) is 4. The highest BCUT2D eigenvalue weighted by Crippen LogP contribution is 2.22. The lowest BCUT2D eigenvalue weighted by Crippen LogP contribution is -2.35. The molecular formula is C13H15N3O2S2. The quantitative estimate of drug-likeness (QED) is 0.819. The van der Waals surface area contributed by atoms with E-state index in [1.807, 2.05) is 6.07 Å². The van der Waals surface area contributed by atoms with Crippen molar-refractivity contribution >= 4 is 38.0 Å². The number of rotatable bonds is 5.